The Hall–Kier alpha value is -3.95. The molecule has 3 N–H and O–H groups in total. The molecule has 4 rings (SSSR count). The Labute approximate surface area is 203 Å². The number of benzene rings is 3. The Bertz CT molecular complexity index is 1490. The molecule has 35 heavy (non-hydrogen) atoms. The fourth-order valence-electron chi connectivity index (χ4n) is 3.60. The second-order valence-electron chi connectivity index (χ2n) is 8.16. The number of hydrogen-bond donors (Lipinski definition) is 3. The first kappa shape index (κ1) is 24.2. The van der Waals surface area contributed by atoms with Gasteiger partial charge in [0.1, 0.15) is 5.58 Å². The summed E-state index contributed by atoms with van der Waals surface area (Å²) < 4.78 is 33.4. The summed E-state index contributed by atoms with van der Waals surface area (Å²) in [7, 11) is -3.84. The highest BCUT2D eigenvalue weighted by atomic mass is 32.2. The van der Waals surface area contributed by atoms with Gasteiger partial charge >= 0.3 is 0 Å². The smallest absolute Gasteiger partial charge is 0.269 e. The highest BCUT2D eigenvalue weighted by molar-refractivity contribution is 7.89. The van der Waals surface area contributed by atoms with Crippen LogP contribution in [0.4, 0.5) is 0 Å². The van der Waals surface area contributed by atoms with E-state index in [0.717, 1.165) is 27.7 Å². The predicted octanol–water partition coefficient (Wildman–Crippen LogP) is 3.53. The summed E-state index contributed by atoms with van der Waals surface area (Å²) in [6.07, 6.45) is 1.54. The third kappa shape index (κ3) is 5.59. The molecule has 2 amide bonds. The molecule has 1 aromatic heterocycles. The van der Waals surface area contributed by atoms with Crippen LogP contribution in [0.25, 0.3) is 11.0 Å². The van der Waals surface area contributed by atoms with E-state index in [1.807, 2.05) is 56.3 Å². The van der Waals surface area contributed by atoms with E-state index in [0.29, 0.717) is 5.56 Å². The fourth-order valence-corrected chi connectivity index (χ4v) is 4.67. The van der Waals surface area contributed by atoms with Gasteiger partial charge in [-0.1, -0.05) is 48.5 Å². The summed E-state index contributed by atoms with van der Waals surface area (Å²) in [5, 5.41) is 0.843. The van der Waals surface area contributed by atoms with Gasteiger partial charge in [-0.3, -0.25) is 20.4 Å². The Morgan fingerprint density at radius 3 is 2.46 bits per heavy atom. The minimum atomic E-state index is -3.84. The molecule has 0 atom stereocenters. The Kier molecular flexibility index (Phi) is 6.99. The molecule has 1 heterocycles. The van der Waals surface area contributed by atoms with Gasteiger partial charge in [0.05, 0.1) is 17.6 Å². The summed E-state index contributed by atoms with van der Waals surface area (Å²) in [5.41, 5.74) is 9.14. The number of nitrogens with one attached hydrogen (secondary N) is 3. The van der Waals surface area contributed by atoms with Crippen molar-refractivity contribution in [3.05, 3.63) is 101 Å². The molecule has 9 heteroatoms. The summed E-state index contributed by atoms with van der Waals surface area (Å²) in [5.74, 6) is -1.07. The number of carbonyl (C=O) groups is 2. The van der Waals surface area contributed by atoms with Crippen molar-refractivity contribution in [2.24, 2.45) is 0 Å². The SMILES string of the molecule is Cc1ccc2c(CC(=O)NNC(=O)c3cccc(S(=O)(=O)NCc4ccccc4)c3)coc2c1C. The average Bonchev–Trinajstić information content (AvgIpc) is 3.27. The Balaban J connectivity index is 1.37. The normalized spacial score (nSPS) is 11.4. The van der Waals surface area contributed by atoms with Crippen LogP contribution < -0.4 is 15.6 Å². The molecular weight excluding hydrogens is 466 g/mol. The lowest BCUT2D eigenvalue weighted by Crippen LogP contribution is -2.42. The van der Waals surface area contributed by atoms with Crippen LogP contribution in [-0.2, 0) is 27.8 Å². The monoisotopic (exact) mass is 491 g/mol. The van der Waals surface area contributed by atoms with E-state index >= 15 is 0 Å². The molecule has 0 aliphatic heterocycles. The second-order valence-corrected chi connectivity index (χ2v) is 9.93. The number of hydrazine groups is 1. The van der Waals surface area contributed by atoms with E-state index in [1.54, 1.807) is 0 Å². The molecule has 0 spiro atoms. The molecule has 8 nitrogen and oxygen atoms in total. The van der Waals surface area contributed by atoms with Gasteiger partial charge in [0, 0.05) is 23.1 Å². The minimum absolute atomic E-state index is 0.00755. The molecule has 0 saturated carbocycles. The largest absolute Gasteiger partial charge is 0.464 e. The summed E-state index contributed by atoms with van der Waals surface area (Å²) in [6, 6.07) is 18.6. The molecule has 0 radical (unpaired) electrons. The molecular formula is C26H25N3O5S. The van der Waals surface area contributed by atoms with E-state index in [9.17, 15) is 18.0 Å². The van der Waals surface area contributed by atoms with Crippen molar-refractivity contribution in [3.63, 3.8) is 0 Å². The molecule has 0 fully saturated rings. The maximum atomic E-state index is 12.7. The number of amides is 2. The molecule has 0 saturated heterocycles. The standard InChI is InChI=1S/C26H25N3O5S/c1-17-11-12-23-21(16-34-25(23)18(17)2)14-24(30)28-29-26(31)20-9-6-10-22(13-20)35(32,33)27-15-19-7-4-3-5-8-19/h3-13,16,27H,14-15H2,1-2H3,(H,28,30)(H,29,31). The van der Waals surface area contributed by atoms with Crippen molar-refractivity contribution in [1.29, 1.82) is 0 Å². The minimum Gasteiger partial charge on any atom is -0.464 e. The molecule has 0 bridgehead atoms. The lowest BCUT2D eigenvalue weighted by Gasteiger charge is -2.10. The zero-order valence-electron chi connectivity index (χ0n) is 19.3. The average molecular weight is 492 g/mol. The first-order valence-electron chi connectivity index (χ1n) is 10.9. The molecule has 4 aromatic rings. The van der Waals surface area contributed by atoms with Crippen LogP contribution >= 0.6 is 0 Å². The van der Waals surface area contributed by atoms with Crippen LogP contribution in [0.1, 0.15) is 32.6 Å². The van der Waals surface area contributed by atoms with Crippen molar-refractivity contribution < 1.29 is 22.4 Å². The van der Waals surface area contributed by atoms with Crippen LogP contribution in [0.3, 0.4) is 0 Å². The summed E-state index contributed by atoms with van der Waals surface area (Å²) in [4.78, 5) is 24.9. The Morgan fingerprint density at radius 1 is 0.914 bits per heavy atom. The number of sulfonamides is 1. The second kappa shape index (κ2) is 10.1. The number of aryl methyl sites for hydroxylation is 2. The zero-order valence-corrected chi connectivity index (χ0v) is 20.1. The van der Waals surface area contributed by atoms with Gasteiger partial charge in [-0.15, -0.1) is 0 Å². The summed E-state index contributed by atoms with van der Waals surface area (Å²) in [6.45, 7) is 4.06. The molecule has 0 unspecified atom stereocenters. The first-order chi connectivity index (χ1) is 16.7. The van der Waals surface area contributed by atoms with E-state index < -0.39 is 21.8 Å². The van der Waals surface area contributed by atoms with Crippen molar-refractivity contribution in [2.75, 3.05) is 0 Å². The van der Waals surface area contributed by atoms with Crippen molar-refractivity contribution in [3.8, 4) is 0 Å². The third-order valence-corrected chi connectivity index (χ3v) is 7.12. The fraction of sp³-hybridized carbons (Fsp3) is 0.154. The highest BCUT2D eigenvalue weighted by Gasteiger charge is 2.17. The van der Waals surface area contributed by atoms with E-state index in [2.05, 4.69) is 15.6 Å². The van der Waals surface area contributed by atoms with Gasteiger partial charge in [0.2, 0.25) is 15.9 Å². The highest BCUT2D eigenvalue weighted by Crippen LogP contribution is 2.26. The van der Waals surface area contributed by atoms with Gasteiger partial charge < -0.3 is 4.42 Å². The molecule has 180 valence electrons. The van der Waals surface area contributed by atoms with Gasteiger partial charge in [-0.2, -0.15) is 0 Å². The lowest BCUT2D eigenvalue weighted by atomic mass is 10.0. The number of fused-ring (bicyclic) bond motifs is 1. The topological polar surface area (TPSA) is 118 Å². The van der Waals surface area contributed by atoms with Crippen LogP contribution in [0.15, 0.2) is 82.3 Å². The van der Waals surface area contributed by atoms with Crippen LogP contribution in [0, 0.1) is 13.8 Å². The van der Waals surface area contributed by atoms with Crippen molar-refractivity contribution >= 4 is 32.8 Å². The van der Waals surface area contributed by atoms with Crippen LogP contribution in [-0.4, -0.2) is 20.2 Å². The Morgan fingerprint density at radius 2 is 1.69 bits per heavy atom. The number of carbonyl (C=O) groups excluding carboxylic acids is 2. The molecule has 3 aromatic carbocycles. The number of rotatable bonds is 7. The van der Waals surface area contributed by atoms with Gasteiger partial charge in [-0.25, -0.2) is 13.1 Å². The van der Waals surface area contributed by atoms with Gasteiger partial charge in [0.25, 0.3) is 5.91 Å². The van der Waals surface area contributed by atoms with Crippen LogP contribution in [0.5, 0.6) is 0 Å². The van der Waals surface area contributed by atoms with Crippen molar-refractivity contribution in [2.45, 2.75) is 31.7 Å². The lowest BCUT2D eigenvalue weighted by molar-refractivity contribution is -0.121. The zero-order chi connectivity index (χ0) is 25.0. The quantitative estimate of drug-likeness (QED) is 0.342. The third-order valence-electron chi connectivity index (χ3n) is 5.72. The maximum Gasteiger partial charge on any atom is 0.269 e. The number of furan rings is 1. The predicted molar refractivity (Wildman–Crippen MR) is 132 cm³/mol. The number of hydrogen-bond acceptors (Lipinski definition) is 5. The first-order valence-corrected chi connectivity index (χ1v) is 12.4. The maximum absolute atomic E-state index is 12.7. The van der Waals surface area contributed by atoms with E-state index in [4.69, 9.17) is 4.42 Å². The molecule has 0 aliphatic carbocycles. The van der Waals surface area contributed by atoms with E-state index in [-0.39, 0.29) is 23.4 Å². The van der Waals surface area contributed by atoms with Crippen molar-refractivity contribution in [1.82, 2.24) is 15.6 Å². The van der Waals surface area contributed by atoms with Gasteiger partial charge in [0.15, 0.2) is 0 Å². The van der Waals surface area contributed by atoms with Crippen LogP contribution in [0.2, 0.25) is 0 Å². The summed E-state index contributed by atoms with van der Waals surface area (Å²) >= 11 is 0. The van der Waals surface area contributed by atoms with E-state index in [1.165, 1.54) is 30.5 Å². The van der Waals surface area contributed by atoms with Gasteiger partial charge in [-0.05, 0) is 48.7 Å². The molecule has 0 aliphatic rings.